The van der Waals surface area contributed by atoms with Crippen molar-refractivity contribution in [3.05, 3.63) is 18.2 Å². The zero-order valence-electron chi connectivity index (χ0n) is 10.6. The number of likely N-dealkylation sites (N-methyl/N-ethyl adjacent to an activating group) is 1. The maximum absolute atomic E-state index is 5.81. The normalized spacial score (nSPS) is 23.7. The summed E-state index contributed by atoms with van der Waals surface area (Å²) < 4.78 is 10.8. The molecule has 4 nitrogen and oxygen atoms in total. The highest BCUT2D eigenvalue weighted by Crippen LogP contribution is 2.30. The van der Waals surface area contributed by atoms with Gasteiger partial charge in [0.2, 0.25) is 0 Å². The fourth-order valence-corrected chi connectivity index (χ4v) is 2.34. The fraction of sp³-hybridized carbons (Fsp3) is 0.538. The molecule has 2 atom stereocenters. The van der Waals surface area contributed by atoms with Crippen molar-refractivity contribution in [3.8, 4) is 5.75 Å². The highest BCUT2D eigenvalue weighted by Gasteiger charge is 2.28. The summed E-state index contributed by atoms with van der Waals surface area (Å²) in [5.41, 5.74) is 7.59. The third kappa shape index (κ3) is 2.31. The molecule has 1 aromatic rings. The van der Waals surface area contributed by atoms with E-state index in [4.69, 9.17) is 15.2 Å². The molecular formula is C13H20N2O2. The van der Waals surface area contributed by atoms with Crippen molar-refractivity contribution in [2.75, 3.05) is 31.4 Å². The maximum Gasteiger partial charge on any atom is 0.143 e. The van der Waals surface area contributed by atoms with E-state index in [1.54, 1.807) is 7.11 Å². The first-order valence-corrected chi connectivity index (χ1v) is 5.91. The predicted molar refractivity (Wildman–Crippen MR) is 69.6 cm³/mol. The van der Waals surface area contributed by atoms with Crippen LogP contribution in [0.5, 0.6) is 5.75 Å². The second-order valence-corrected chi connectivity index (χ2v) is 4.47. The minimum Gasteiger partial charge on any atom is -0.495 e. The zero-order chi connectivity index (χ0) is 12.4. The van der Waals surface area contributed by atoms with Gasteiger partial charge in [-0.1, -0.05) is 0 Å². The summed E-state index contributed by atoms with van der Waals surface area (Å²) in [4.78, 5) is 2.24. The first-order valence-electron chi connectivity index (χ1n) is 5.91. The molecule has 2 N–H and O–H groups in total. The Bertz CT molecular complexity index is 395. The highest BCUT2D eigenvalue weighted by molar-refractivity contribution is 5.62. The highest BCUT2D eigenvalue weighted by atomic mass is 16.5. The summed E-state index contributed by atoms with van der Waals surface area (Å²) in [7, 11) is 3.72. The molecule has 17 heavy (non-hydrogen) atoms. The van der Waals surface area contributed by atoms with Crippen LogP contribution >= 0.6 is 0 Å². The van der Waals surface area contributed by atoms with Crippen molar-refractivity contribution in [3.63, 3.8) is 0 Å². The van der Waals surface area contributed by atoms with Crippen LogP contribution in [0.15, 0.2) is 18.2 Å². The van der Waals surface area contributed by atoms with Crippen LogP contribution < -0.4 is 15.4 Å². The first kappa shape index (κ1) is 12.0. The minimum atomic E-state index is 0.267. The monoisotopic (exact) mass is 236 g/mol. The fourth-order valence-electron chi connectivity index (χ4n) is 2.34. The molecule has 0 saturated carbocycles. The van der Waals surface area contributed by atoms with Gasteiger partial charge in [0, 0.05) is 25.4 Å². The van der Waals surface area contributed by atoms with Crippen molar-refractivity contribution in [2.45, 2.75) is 25.5 Å². The van der Waals surface area contributed by atoms with Crippen molar-refractivity contribution in [2.24, 2.45) is 0 Å². The first-order chi connectivity index (χ1) is 8.13. The van der Waals surface area contributed by atoms with Gasteiger partial charge in [-0.15, -0.1) is 0 Å². The number of nitrogens with two attached hydrogens (primary N) is 1. The molecule has 0 spiro atoms. The van der Waals surface area contributed by atoms with Crippen LogP contribution in [0.4, 0.5) is 11.4 Å². The van der Waals surface area contributed by atoms with Gasteiger partial charge < -0.3 is 20.1 Å². The summed E-state index contributed by atoms with van der Waals surface area (Å²) in [6.07, 6.45) is 1.33. The second-order valence-electron chi connectivity index (χ2n) is 4.47. The number of nitrogen functional groups attached to an aromatic ring is 1. The summed E-state index contributed by atoms with van der Waals surface area (Å²) in [5.74, 6) is 0.723. The average molecular weight is 236 g/mol. The third-order valence-corrected chi connectivity index (χ3v) is 3.46. The van der Waals surface area contributed by atoms with Gasteiger partial charge in [-0.3, -0.25) is 0 Å². The van der Waals surface area contributed by atoms with Crippen LogP contribution in [-0.2, 0) is 4.74 Å². The van der Waals surface area contributed by atoms with Crippen molar-refractivity contribution in [1.29, 1.82) is 0 Å². The second kappa shape index (κ2) is 4.84. The summed E-state index contributed by atoms with van der Waals surface area (Å²) >= 11 is 0. The lowest BCUT2D eigenvalue weighted by atomic mass is 10.1. The van der Waals surface area contributed by atoms with Gasteiger partial charge in [0.15, 0.2) is 0 Å². The molecular weight excluding hydrogens is 216 g/mol. The van der Waals surface area contributed by atoms with Crippen LogP contribution in [0.1, 0.15) is 13.3 Å². The zero-order valence-corrected chi connectivity index (χ0v) is 10.6. The number of hydrogen-bond donors (Lipinski definition) is 1. The Hall–Kier alpha value is -1.42. The van der Waals surface area contributed by atoms with Gasteiger partial charge in [0.05, 0.1) is 24.9 Å². The number of methoxy groups -OCH3 is 1. The number of anilines is 2. The summed E-state index contributed by atoms with van der Waals surface area (Å²) in [5, 5.41) is 0. The van der Waals surface area contributed by atoms with E-state index in [0.717, 1.165) is 24.5 Å². The molecule has 1 aliphatic rings. The summed E-state index contributed by atoms with van der Waals surface area (Å²) in [6.45, 7) is 2.95. The van der Waals surface area contributed by atoms with Gasteiger partial charge in [-0.2, -0.15) is 0 Å². The van der Waals surface area contributed by atoms with Crippen molar-refractivity contribution < 1.29 is 9.47 Å². The molecule has 2 rings (SSSR count). The molecule has 2 unspecified atom stereocenters. The number of nitrogens with zero attached hydrogens (tertiary/aromatic N) is 1. The average Bonchev–Trinajstić information content (AvgIpc) is 2.75. The molecule has 0 aliphatic carbocycles. The van der Waals surface area contributed by atoms with Crippen LogP contribution in [0.2, 0.25) is 0 Å². The topological polar surface area (TPSA) is 47.7 Å². The molecule has 94 valence electrons. The van der Waals surface area contributed by atoms with E-state index in [0.29, 0.717) is 11.7 Å². The van der Waals surface area contributed by atoms with E-state index in [-0.39, 0.29) is 6.10 Å². The minimum absolute atomic E-state index is 0.267. The van der Waals surface area contributed by atoms with E-state index < -0.39 is 0 Å². The lowest BCUT2D eigenvalue weighted by Gasteiger charge is -2.29. The Morgan fingerprint density at radius 1 is 1.47 bits per heavy atom. The number of benzene rings is 1. The molecule has 0 radical (unpaired) electrons. The van der Waals surface area contributed by atoms with Gasteiger partial charge in [0.1, 0.15) is 5.75 Å². The Morgan fingerprint density at radius 2 is 2.24 bits per heavy atom. The Labute approximate surface area is 102 Å². The van der Waals surface area contributed by atoms with Crippen LogP contribution in [0.3, 0.4) is 0 Å². The molecule has 0 amide bonds. The number of hydrogen-bond acceptors (Lipinski definition) is 4. The Kier molecular flexibility index (Phi) is 3.43. The van der Waals surface area contributed by atoms with Gasteiger partial charge >= 0.3 is 0 Å². The van der Waals surface area contributed by atoms with E-state index in [2.05, 4.69) is 18.9 Å². The molecule has 1 fully saturated rings. The third-order valence-electron chi connectivity index (χ3n) is 3.46. The molecule has 1 saturated heterocycles. The van der Waals surface area contributed by atoms with Crippen LogP contribution in [0, 0.1) is 0 Å². The Morgan fingerprint density at radius 3 is 2.82 bits per heavy atom. The SMILES string of the molecule is COc1cc(N(C)C2CCOC2C)ccc1N. The molecule has 1 aliphatic heterocycles. The molecule has 1 heterocycles. The number of rotatable bonds is 3. The van der Waals surface area contributed by atoms with E-state index in [1.165, 1.54) is 0 Å². The lowest BCUT2D eigenvalue weighted by molar-refractivity contribution is 0.118. The largest absolute Gasteiger partial charge is 0.495 e. The molecule has 0 aromatic heterocycles. The number of ether oxygens (including phenoxy) is 2. The molecule has 1 aromatic carbocycles. The lowest BCUT2D eigenvalue weighted by Crippen LogP contribution is -2.36. The molecule has 4 heteroatoms. The van der Waals surface area contributed by atoms with Gasteiger partial charge in [-0.05, 0) is 25.5 Å². The van der Waals surface area contributed by atoms with E-state index in [1.807, 2.05) is 18.2 Å². The van der Waals surface area contributed by atoms with E-state index >= 15 is 0 Å². The van der Waals surface area contributed by atoms with Crippen LogP contribution in [0.25, 0.3) is 0 Å². The summed E-state index contributed by atoms with van der Waals surface area (Å²) in [6, 6.07) is 6.29. The maximum atomic E-state index is 5.81. The van der Waals surface area contributed by atoms with E-state index in [9.17, 15) is 0 Å². The standard InChI is InChI=1S/C13H20N2O2/c1-9-12(6-7-17-9)15(2)10-4-5-11(14)13(8-10)16-3/h4-5,8-9,12H,6-7,14H2,1-3H3. The molecule has 0 bridgehead atoms. The van der Waals surface area contributed by atoms with Crippen molar-refractivity contribution in [1.82, 2.24) is 0 Å². The van der Waals surface area contributed by atoms with Gasteiger partial charge in [0.25, 0.3) is 0 Å². The quantitative estimate of drug-likeness (QED) is 0.814. The smallest absolute Gasteiger partial charge is 0.143 e. The predicted octanol–water partition coefficient (Wildman–Crippen LogP) is 1.89. The van der Waals surface area contributed by atoms with Crippen LogP contribution in [-0.4, -0.2) is 32.9 Å². The van der Waals surface area contributed by atoms with Gasteiger partial charge in [-0.25, -0.2) is 0 Å². The Balaban J connectivity index is 2.21. The van der Waals surface area contributed by atoms with Crippen molar-refractivity contribution >= 4 is 11.4 Å².